The Balaban J connectivity index is 1.64. The van der Waals surface area contributed by atoms with Crippen LogP contribution in [0.2, 0.25) is 0 Å². The van der Waals surface area contributed by atoms with E-state index in [1.807, 2.05) is 0 Å². The number of piperidine rings is 2. The Morgan fingerprint density at radius 1 is 1.10 bits per heavy atom. The molecule has 0 spiro atoms. The molecule has 0 aromatic carbocycles. The maximum Gasteiger partial charge on any atom is 0.137 e. The minimum Gasteiger partial charge on any atom is -0.383 e. The van der Waals surface area contributed by atoms with E-state index in [2.05, 4.69) is 26.7 Å². The zero-order valence-corrected chi connectivity index (χ0v) is 13.1. The van der Waals surface area contributed by atoms with Crippen molar-refractivity contribution in [1.82, 2.24) is 14.9 Å². The Morgan fingerprint density at radius 3 is 2.48 bits per heavy atom. The molecule has 0 aliphatic carbocycles. The maximum absolute atomic E-state index is 6.00. The molecule has 2 aliphatic heterocycles. The van der Waals surface area contributed by atoms with Crippen molar-refractivity contribution in [2.24, 2.45) is 0 Å². The number of nitrogen functional groups attached to an aromatic ring is 1. The largest absolute Gasteiger partial charge is 0.383 e. The van der Waals surface area contributed by atoms with E-state index >= 15 is 0 Å². The van der Waals surface area contributed by atoms with Crippen LogP contribution in [0.3, 0.4) is 0 Å². The molecule has 2 N–H and O–H groups in total. The van der Waals surface area contributed by atoms with Crippen LogP contribution in [0.25, 0.3) is 0 Å². The van der Waals surface area contributed by atoms with Gasteiger partial charge in [-0.15, -0.1) is 0 Å². The number of nitrogens with two attached hydrogens (primary N) is 1. The fourth-order valence-corrected chi connectivity index (χ4v) is 3.75. The van der Waals surface area contributed by atoms with Gasteiger partial charge in [-0.05, 0) is 45.2 Å². The molecular formula is C16H27N5. The molecule has 2 saturated heterocycles. The van der Waals surface area contributed by atoms with Crippen LogP contribution in [0, 0.1) is 0 Å². The van der Waals surface area contributed by atoms with Gasteiger partial charge in [0, 0.05) is 24.7 Å². The monoisotopic (exact) mass is 289 g/mol. The predicted molar refractivity (Wildman–Crippen MR) is 86.5 cm³/mol. The molecule has 0 atom stereocenters. The van der Waals surface area contributed by atoms with E-state index in [-0.39, 0.29) is 0 Å². The quantitative estimate of drug-likeness (QED) is 0.923. The van der Waals surface area contributed by atoms with E-state index in [4.69, 9.17) is 5.73 Å². The van der Waals surface area contributed by atoms with E-state index in [1.165, 1.54) is 45.2 Å². The van der Waals surface area contributed by atoms with E-state index in [9.17, 15) is 0 Å². The average Bonchev–Trinajstić information content (AvgIpc) is 2.55. The van der Waals surface area contributed by atoms with Crippen LogP contribution >= 0.6 is 0 Å². The van der Waals surface area contributed by atoms with Crippen molar-refractivity contribution in [3.63, 3.8) is 0 Å². The summed E-state index contributed by atoms with van der Waals surface area (Å²) < 4.78 is 0. The predicted octanol–water partition coefficient (Wildman–Crippen LogP) is 2.08. The molecule has 5 heteroatoms. The second-order valence-corrected chi connectivity index (χ2v) is 6.23. The van der Waals surface area contributed by atoms with Crippen molar-refractivity contribution >= 4 is 11.6 Å². The molecule has 0 unspecified atom stereocenters. The number of anilines is 2. The number of aromatic nitrogens is 2. The summed E-state index contributed by atoms with van der Waals surface area (Å²) in [6.45, 7) is 6.89. The van der Waals surface area contributed by atoms with Gasteiger partial charge in [-0.25, -0.2) is 9.97 Å². The molecule has 0 bridgehead atoms. The Hall–Kier alpha value is -1.36. The molecular weight excluding hydrogens is 262 g/mol. The van der Waals surface area contributed by atoms with Crippen molar-refractivity contribution < 1.29 is 0 Å². The van der Waals surface area contributed by atoms with E-state index < -0.39 is 0 Å². The Kier molecular flexibility index (Phi) is 4.58. The molecule has 21 heavy (non-hydrogen) atoms. The maximum atomic E-state index is 6.00. The van der Waals surface area contributed by atoms with Gasteiger partial charge in [0.15, 0.2) is 0 Å². The molecule has 2 aliphatic rings. The van der Waals surface area contributed by atoms with E-state index in [0.717, 1.165) is 36.9 Å². The fourth-order valence-electron chi connectivity index (χ4n) is 3.75. The lowest BCUT2D eigenvalue weighted by Gasteiger charge is -2.41. The number of hydrogen-bond donors (Lipinski definition) is 1. The number of rotatable bonds is 3. The molecule has 116 valence electrons. The third-order valence-corrected chi connectivity index (χ3v) is 4.98. The first kappa shape index (κ1) is 14.6. The highest BCUT2D eigenvalue weighted by Gasteiger charge is 2.27. The standard InChI is InChI=1S/C16H27N5/c1-2-14-15(17)18-12-19-16(14)21-10-6-13(7-11-21)20-8-4-3-5-9-20/h12-13H,2-11H2,1H3,(H2,17,18,19). The van der Waals surface area contributed by atoms with Crippen LogP contribution < -0.4 is 10.6 Å². The van der Waals surface area contributed by atoms with Crippen LogP contribution in [-0.2, 0) is 6.42 Å². The molecule has 2 fully saturated rings. The SMILES string of the molecule is CCc1c(N)ncnc1N1CCC(N2CCCCC2)CC1. The minimum atomic E-state index is 0.639. The van der Waals surface area contributed by atoms with Gasteiger partial charge >= 0.3 is 0 Å². The summed E-state index contributed by atoms with van der Waals surface area (Å²) in [4.78, 5) is 13.7. The first-order chi connectivity index (χ1) is 10.3. The van der Waals surface area contributed by atoms with Crippen molar-refractivity contribution in [3.8, 4) is 0 Å². The lowest BCUT2D eigenvalue weighted by atomic mass is 9.99. The summed E-state index contributed by atoms with van der Waals surface area (Å²) in [5, 5.41) is 0. The van der Waals surface area contributed by atoms with Crippen molar-refractivity contribution in [2.45, 2.75) is 51.5 Å². The molecule has 3 rings (SSSR count). The summed E-state index contributed by atoms with van der Waals surface area (Å²) in [6.07, 6.45) is 9.15. The Labute approximate surface area is 127 Å². The molecule has 1 aromatic rings. The van der Waals surface area contributed by atoms with Gasteiger partial charge < -0.3 is 15.5 Å². The zero-order valence-electron chi connectivity index (χ0n) is 13.1. The Bertz CT molecular complexity index is 462. The third kappa shape index (κ3) is 3.12. The highest BCUT2D eigenvalue weighted by molar-refractivity contribution is 5.56. The summed E-state index contributed by atoms with van der Waals surface area (Å²) in [5.74, 6) is 1.70. The molecule has 0 radical (unpaired) electrons. The summed E-state index contributed by atoms with van der Waals surface area (Å²) in [7, 11) is 0. The highest BCUT2D eigenvalue weighted by atomic mass is 15.2. The molecule has 3 heterocycles. The van der Waals surface area contributed by atoms with Crippen LogP contribution in [0.5, 0.6) is 0 Å². The number of likely N-dealkylation sites (tertiary alicyclic amines) is 1. The summed E-state index contributed by atoms with van der Waals surface area (Å²) in [5.41, 5.74) is 7.10. The van der Waals surface area contributed by atoms with Gasteiger partial charge in [-0.1, -0.05) is 13.3 Å². The zero-order chi connectivity index (χ0) is 14.7. The smallest absolute Gasteiger partial charge is 0.137 e. The van der Waals surface area contributed by atoms with Gasteiger partial charge in [0.2, 0.25) is 0 Å². The summed E-state index contributed by atoms with van der Waals surface area (Å²) >= 11 is 0. The Morgan fingerprint density at radius 2 is 1.81 bits per heavy atom. The first-order valence-corrected chi connectivity index (χ1v) is 8.38. The van der Waals surface area contributed by atoms with Crippen LogP contribution in [-0.4, -0.2) is 47.1 Å². The lowest BCUT2D eigenvalue weighted by Crippen LogP contribution is -2.47. The number of hydrogen-bond acceptors (Lipinski definition) is 5. The molecule has 0 amide bonds. The van der Waals surface area contributed by atoms with Gasteiger partial charge in [0.05, 0.1) is 0 Å². The van der Waals surface area contributed by atoms with E-state index in [1.54, 1.807) is 6.33 Å². The van der Waals surface area contributed by atoms with Gasteiger partial charge in [0.25, 0.3) is 0 Å². The average molecular weight is 289 g/mol. The van der Waals surface area contributed by atoms with Crippen LogP contribution in [0.1, 0.15) is 44.6 Å². The molecule has 5 nitrogen and oxygen atoms in total. The van der Waals surface area contributed by atoms with Crippen molar-refractivity contribution in [2.75, 3.05) is 36.8 Å². The third-order valence-electron chi connectivity index (χ3n) is 4.98. The van der Waals surface area contributed by atoms with Gasteiger partial charge in [-0.2, -0.15) is 0 Å². The second kappa shape index (κ2) is 6.60. The topological polar surface area (TPSA) is 58.3 Å². The van der Waals surface area contributed by atoms with Crippen molar-refractivity contribution in [3.05, 3.63) is 11.9 Å². The van der Waals surface area contributed by atoms with Gasteiger partial charge in [0.1, 0.15) is 18.0 Å². The van der Waals surface area contributed by atoms with Crippen LogP contribution in [0.4, 0.5) is 11.6 Å². The van der Waals surface area contributed by atoms with Crippen molar-refractivity contribution in [1.29, 1.82) is 0 Å². The summed E-state index contributed by atoms with van der Waals surface area (Å²) in [6, 6.07) is 0.769. The normalized spacial score (nSPS) is 21.7. The van der Waals surface area contributed by atoms with E-state index in [0.29, 0.717) is 5.82 Å². The first-order valence-electron chi connectivity index (χ1n) is 8.38. The minimum absolute atomic E-state index is 0.639. The molecule has 0 saturated carbocycles. The fraction of sp³-hybridized carbons (Fsp3) is 0.750. The van der Waals surface area contributed by atoms with Crippen LogP contribution in [0.15, 0.2) is 6.33 Å². The number of nitrogens with zero attached hydrogens (tertiary/aromatic N) is 4. The highest BCUT2D eigenvalue weighted by Crippen LogP contribution is 2.27. The second-order valence-electron chi connectivity index (χ2n) is 6.23. The molecule has 1 aromatic heterocycles. The lowest BCUT2D eigenvalue weighted by molar-refractivity contribution is 0.141. The van der Waals surface area contributed by atoms with Gasteiger partial charge in [-0.3, -0.25) is 0 Å².